The minimum absolute atomic E-state index is 0.151. The van der Waals surface area contributed by atoms with Gasteiger partial charge in [-0.2, -0.15) is 0 Å². The number of methoxy groups -OCH3 is 1. The van der Waals surface area contributed by atoms with E-state index in [0.717, 1.165) is 11.0 Å². The van der Waals surface area contributed by atoms with Crippen LogP contribution in [0.25, 0.3) is 11.0 Å². The first-order chi connectivity index (χ1) is 10.1. The normalized spacial score (nSPS) is 12.1. The Balaban J connectivity index is 2.08. The summed E-state index contributed by atoms with van der Waals surface area (Å²) < 4.78 is 4.88. The zero-order valence-electron chi connectivity index (χ0n) is 12.1. The minimum atomic E-state index is -0.473. The smallest absolute Gasteiger partial charge is 0.242 e. The Morgan fingerprint density at radius 1 is 1.33 bits per heavy atom. The molecule has 2 aromatic rings. The molecule has 4 N–H and O–H groups in total. The summed E-state index contributed by atoms with van der Waals surface area (Å²) in [5.41, 5.74) is 7.31. The van der Waals surface area contributed by atoms with Gasteiger partial charge in [0.15, 0.2) is 11.6 Å². The molecule has 112 valence electrons. The van der Waals surface area contributed by atoms with Gasteiger partial charge >= 0.3 is 0 Å². The highest BCUT2D eigenvalue weighted by Crippen LogP contribution is 2.18. The Morgan fingerprint density at radius 2 is 2.00 bits per heavy atom. The molecule has 0 aliphatic carbocycles. The molecule has 7 heteroatoms. The lowest BCUT2D eigenvalue weighted by Crippen LogP contribution is -2.39. The number of nitrogen functional groups attached to an aromatic ring is 1. The van der Waals surface area contributed by atoms with Gasteiger partial charge in [-0.1, -0.05) is 12.1 Å². The van der Waals surface area contributed by atoms with Gasteiger partial charge in [-0.25, -0.2) is 9.97 Å². The monoisotopic (exact) mass is 289 g/mol. The molecule has 1 unspecified atom stereocenters. The number of nitrogens with zero attached hydrogens (tertiary/aromatic N) is 2. The van der Waals surface area contributed by atoms with Crippen LogP contribution in [0.3, 0.4) is 0 Å². The third-order valence-electron chi connectivity index (χ3n) is 2.95. The molecule has 2 rings (SSSR count). The summed E-state index contributed by atoms with van der Waals surface area (Å²) >= 11 is 0. The lowest BCUT2D eigenvalue weighted by atomic mass is 10.3. The molecule has 0 fully saturated rings. The average molecular weight is 289 g/mol. The van der Waals surface area contributed by atoms with Crippen molar-refractivity contribution in [3.05, 3.63) is 24.3 Å². The van der Waals surface area contributed by atoms with Gasteiger partial charge in [0.2, 0.25) is 5.91 Å². The third kappa shape index (κ3) is 3.79. The van der Waals surface area contributed by atoms with E-state index in [9.17, 15) is 4.79 Å². The number of hydrogen-bond donors (Lipinski definition) is 3. The molecule has 1 amide bonds. The summed E-state index contributed by atoms with van der Waals surface area (Å²) in [6.07, 6.45) is 0. The molecule has 0 aliphatic rings. The van der Waals surface area contributed by atoms with Gasteiger partial charge in [0, 0.05) is 13.7 Å². The Hall–Kier alpha value is -2.41. The van der Waals surface area contributed by atoms with Crippen molar-refractivity contribution >= 4 is 28.6 Å². The van der Waals surface area contributed by atoms with Crippen molar-refractivity contribution < 1.29 is 9.53 Å². The first-order valence-electron chi connectivity index (χ1n) is 6.67. The molecule has 1 aromatic carbocycles. The number of aromatic nitrogens is 2. The predicted molar refractivity (Wildman–Crippen MR) is 81.9 cm³/mol. The lowest BCUT2D eigenvalue weighted by Gasteiger charge is -2.15. The summed E-state index contributed by atoms with van der Waals surface area (Å²) in [6, 6.07) is 6.95. The fourth-order valence-electron chi connectivity index (χ4n) is 1.82. The number of anilines is 2. The summed E-state index contributed by atoms with van der Waals surface area (Å²) in [5.74, 6) is 0.523. The van der Waals surface area contributed by atoms with E-state index in [-0.39, 0.29) is 11.7 Å². The number of fused-ring (bicyclic) bond motifs is 1. The second-order valence-corrected chi connectivity index (χ2v) is 4.60. The van der Waals surface area contributed by atoms with Crippen LogP contribution >= 0.6 is 0 Å². The zero-order valence-corrected chi connectivity index (χ0v) is 12.1. The quantitative estimate of drug-likeness (QED) is 0.679. The highest BCUT2D eigenvalue weighted by Gasteiger charge is 2.15. The number of carbonyl (C=O) groups excluding carboxylic acids is 1. The Morgan fingerprint density at radius 3 is 2.67 bits per heavy atom. The fourth-order valence-corrected chi connectivity index (χ4v) is 1.82. The van der Waals surface area contributed by atoms with Crippen molar-refractivity contribution in [1.29, 1.82) is 0 Å². The van der Waals surface area contributed by atoms with Gasteiger partial charge in [-0.15, -0.1) is 0 Å². The summed E-state index contributed by atoms with van der Waals surface area (Å²) in [5, 5.41) is 5.72. The molecule has 0 spiro atoms. The van der Waals surface area contributed by atoms with E-state index in [1.807, 2.05) is 24.3 Å². The molecule has 1 atom stereocenters. The molecule has 0 bridgehead atoms. The maximum atomic E-state index is 11.9. The maximum absolute atomic E-state index is 11.9. The predicted octanol–water partition coefficient (Wildman–Crippen LogP) is 0.775. The number of nitrogens with one attached hydrogen (secondary N) is 2. The van der Waals surface area contributed by atoms with Gasteiger partial charge < -0.3 is 21.1 Å². The van der Waals surface area contributed by atoms with Crippen LogP contribution in [0.2, 0.25) is 0 Å². The largest absolute Gasteiger partial charge is 0.383 e. The van der Waals surface area contributed by atoms with Crippen molar-refractivity contribution in [2.45, 2.75) is 13.0 Å². The van der Waals surface area contributed by atoms with E-state index < -0.39 is 6.04 Å². The number of amides is 1. The van der Waals surface area contributed by atoms with Crippen LogP contribution in [0.4, 0.5) is 11.6 Å². The molecule has 0 radical (unpaired) electrons. The van der Waals surface area contributed by atoms with Crippen LogP contribution in [0, 0.1) is 0 Å². The maximum Gasteiger partial charge on any atom is 0.242 e. The van der Waals surface area contributed by atoms with Crippen LogP contribution in [-0.2, 0) is 9.53 Å². The Kier molecular flexibility index (Phi) is 4.89. The van der Waals surface area contributed by atoms with Crippen molar-refractivity contribution in [1.82, 2.24) is 15.3 Å². The van der Waals surface area contributed by atoms with E-state index in [4.69, 9.17) is 10.5 Å². The number of carbonyl (C=O) groups is 1. The molecule has 0 saturated heterocycles. The molecular formula is C14H19N5O2. The first kappa shape index (κ1) is 15.0. The molecule has 0 aliphatic heterocycles. The van der Waals surface area contributed by atoms with Crippen LogP contribution < -0.4 is 16.4 Å². The second-order valence-electron chi connectivity index (χ2n) is 4.60. The molecule has 21 heavy (non-hydrogen) atoms. The average Bonchev–Trinajstić information content (AvgIpc) is 2.48. The van der Waals surface area contributed by atoms with Crippen molar-refractivity contribution in [2.75, 3.05) is 31.3 Å². The van der Waals surface area contributed by atoms with Gasteiger partial charge in [0.1, 0.15) is 6.04 Å². The number of para-hydroxylation sites is 2. The van der Waals surface area contributed by atoms with E-state index in [1.54, 1.807) is 14.0 Å². The van der Waals surface area contributed by atoms with Gasteiger partial charge in [0.25, 0.3) is 0 Å². The number of ether oxygens (including phenoxy) is 1. The van der Waals surface area contributed by atoms with Gasteiger partial charge in [-0.05, 0) is 19.1 Å². The number of nitrogens with two attached hydrogens (primary N) is 1. The minimum Gasteiger partial charge on any atom is -0.383 e. The molecular weight excluding hydrogens is 270 g/mol. The van der Waals surface area contributed by atoms with E-state index in [0.29, 0.717) is 19.0 Å². The van der Waals surface area contributed by atoms with E-state index in [1.165, 1.54) is 0 Å². The third-order valence-corrected chi connectivity index (χ3v) is 2.95. The lowest BCUT2D eigenvalue weighted by molar-refractivity contribution is -0.121. The summed E-state index contributed by atoms with van der Waals surface area (Å²) in [6.45, 7) is 2.66. The number of rotatable bonds is 6. The van der Waals surface area contributed by atoms with Crippen LogP contribution in [0.1, 0.15) is 6.92 Å². The first-order valence-corrected chi connectivity index (χ1v) is 6.67. The van der Waals surface area contributed by atoms with Gasteiger partial charge in [-0.3, -0.25) is 4.79 Å². The van der Waals surface area contributed by atoms with E-state index >= 15 is 0 Å². The van der Waals surface area contributed by atoms with Gasteiger partial charge in [0.05, 0.1) is 17.6 Å². The van der Waals surface area contributed by atoms with E-state index in [2.05, 4.69) is 20.6 Å². The highest BCUT2D eigenvalue weighted by atomic mass is 16.5. The summed E-state index contributed by atoms with van der Waals surface area (Å²) in [4.78, 5) is 20.5. The Labute approximate surface area is 122 Å². The standard InChI is InChI=1S/C14H19N5O2/c1-9(14(20)16-7-8-21-2)17-13-12(15)18-10-5-3-4-6-11(10)19-13/h3-6,9H,7-8H2,1-2H3,(H2,15,18)(H,16,20)(H,17,19). The van der Waals surface area contributed by atoms with Crippen molar-refractivity contribution in [3.8, 4) is 0 Å². The van der Waals surface area contributed by atoms with Crippen LogP contribution in [0.15, 0.2) is 24.3 Å². The molecule has 1 heterocycles. The SMILES string of the molecule is COCCNC(=O)C(C)Nc1nc2ccccc2nc1N. The zero-order chi connectivity index (χ0) is 15.2. The van der Waals surface area contributed by atoms with Crippen molar-refractivity contribution in [3.63, 3.8) is 0 Å². The summed E-state index contributed by atoms with van der Waals surface area (Å²) in [7, 11) is 1.58. The molecule has 1 aromatic heterocycles. The number of benzene rings is 1. The second kappa shape index (κ2) is 6.85. The number of hydrogen-bond acceptors (Lipinski definition) is 6. The molecule has 7 nitrogen and oxygen atoms in total. The molecule has 0 saturated carbocycles. The fraction of sp³-hybridized carbons (Fsp3) is 0.357. The topological polar surface area (TPSA) is 102 Å². The van der Waals surface area contributed by atoms with Crippen molar-refractivity contribution in [2.24, 2.45) is 0 Å². The van der Waals surface area contributed by atoms with Crippen LogP contribution in [-0.4, -0.2) is 42.2 Å². The van der Waals surface area contributed by atoms with Crippen LogP contribution in [0.5, 0.6) is 0 Å². The Bertz CT molecular complexity index is 632. The highest BCUT2D eigenvalue weighted by molar-refractivity contribution is 5.86.